The molecule has 0 bridgehead atoms. The van der Waals surface area contributed by atoms with Crippen LogP contribution >= 0.6 is 0 Å². The molecule has 0 saturated carbocycles. The summed E-state index contributed by atoms with van der Waals surface area (Å²) >= 11 is 0. The Hall–Kier alpha value is -1.51. The van der Waals surface area contributed by atoms with E-state index in [4.69, 9.17) is 4.74 Å². The molecule has 1 aliphatic heterocycles. The number of carbonyl (C=O) groups excluding carboxylic acids is 1. The minimum absolute atomic E-state index is 0.212. The molecule has 1 amide bonds. The van der Waals surface area contributed by atoms with Gasteiger partial charge in [-0.15, -0.1) is 0 Å². The van der Waals surface area contributed by atoms with Crippen molar-refractivity contribution in [1.29, 1.82) is 0 Å². The maximum absolute atomic E-state index is 12.1. The second-order valence-electron chi connectivity index (χ2n) is 6.36. The molecule has 19 heavy (non-hydrogen) atoms. The predicted octanol–water partition coefficient (Wildman–Crippen LogP) is 3.60. The molecule has 2 rings (SSSR count). The average Bonchev–Trinajstić information content (AvgIpc) is 2.27. The smallest absolute Gasteiger partial charge is 0.410 e. The van der Waals surface area contributed by atoms with Crippen LogP contribution in [0.1, 0.15) is 43.0 Å². The van der Waals surface area contributed by atoms with E-state index in [1.54, 1.807) is 4.90 Å². The SMILES string of the molecule is Cc1cc2c(cc1C)CN(C(=O)OC(C)(C)C)CC2. The molecule has 0 atom stereocenters. The van der Waals surface area contributed by atoms with Crippen LogP contribution in [-0.2, 0) is 17.7 Å². The van der Waals surface area contributed by atoms with Crippen molar-refractivity contribution in [1.82, 2.24) is 4.90 Å². The first kappa shape index (κ1) is 13.9. The third kappa shape index (κ3) is 3.28. The number of ether oxygens (including phenoxy) is 1. The zero-order chi connectivity index (χ0) is 14.2. The molecule has 1 aromatic rings. The van der Waals surface area contributed by atoms with Gasteiger partial charge in [-0.25, -0.2) is 4.79 Å². The number of amides is 1. The van der Waals surface area contributed by atoms with E-state index in [0.29, 0.717) is 6.54 Å². The predicted molar refractivity (Wildman–Crippen MR) is 76.3 cm³/mol. The highest BCUT2D eigenvalue weighted by Crippen LogP contribution is 2.24. The minimum atomic E-state index is -0.430. The van der Waals surface area contributed by atoms with Crippen molar-refractivity contribution < 1.29 is 9.53 Å². The molecule has 3 nitrogen and oxygen atoms in total. The maximum Gasteiger partial charge on any atom is 0.410 e. The van der Waals surface area contributed by atoms with Gasteiger partial charge in [-0.3, -0.25) is 0 Å². The van der Waals surface area contributed by atoms with Gasteiger partial charge in [0.15, 0.2) is 0 Å². The first-order valence-electron chi connectivity index (χ1n) is 6.83. The number of hydrogen-bond donors (Lipinski definition) is 0. The van der Waals surface area contributed by atoms with Crippen molar-refractivity contribution in [3.63, 3.8) is 0 Å². The highest BCUT2D eigenvalue weighted by atomic mass is 16.6. The summed E-state index contributed by atoms with van der Waals surface area (Å²) < 4.78 is 5.43. The molecule has 1 aromatic carbocycles. The van der Waals surface area contributed by atoms with Crippen LogP contribution in [0.25, 0.3) is 0 Å². The highest BCUT2D eigenvalue weighted by molar-refractivity contribution is 5.68. The topological polar surface area (TPSA) is 29.5 Å². The normalized spacial score (nSPS) is 15.1. The monoisotopic (exact) mass is 261 g/mol. The number of benzene rings is 1. The molecular formula is C16H23NO2. The summed E-state index contributed by atoms with van der Waals surface area (Å²) in [6, 6.07) is 4.44. The molecular weight excluding hydrogens is 238 g/mol. The lowest BCUT2D eigenvalue weighted by Crippen LogP contribution is -2.39. The molecule has 0 spiro atoms. The van der Waals surface area contributed by atoms with Crippen molar-refractivity contribution >= 4 is 6.09 Å². The summed E-state index contributed by atoms with van der Waals surface area (Å²) in [6.07, 6.45) is 0.701. The van der Waals surface area contributed by atoms with E-state index in [-0.39, 0.29) is 6.09 Å². The third-order valence-corrected chi connectivity index (χ3v) is 3.48. The van der Waals surface area contributed by atoms with Crippen LogP contribution in [0, 0.1) is 13.8 Å². The standard InChI is InChI=1S/C16H23NO2/c1-11-8-13-6-7-17(10-14(13)9-12(11)2)15(18)19-16(3,4)5/h8-9H,6-7,10H2,1-5H3. The Morgan fingerprint density at radius 2 is 1.74 bits per heavy atom. The van der Waals surface area contributed by atoms with E-state index in [0.717, 1.165) is 13.0 Å². The fourth-order valence-corrected chi connectivity index (χ4v) is 2.34. The van der Waals surface area contributed by atoms with Gasteiger partial charge in [0.1, 0.15) is 5.60 Å². The molecule has 0 fully saturated rings. The van der Waals surface area contributed by atoms with Crippen molar-refractivity contribution in [2.24, 2.45) is 0 Å². The molecule has 0 radical (unpaired) electrons. The number of carbonyl (C=O) groups is 1. The van der Waals surface area contributed by atoms with Gasteiger partial charge >= 0.3 is 6.09 Å². The molecule has 0 saturated heterocycles. The summed E-state index contributed by atoms with van der Waals surface area (Å²) in [5, 5.41) is 0. The lowest BCUT2D eigenvalue weighted by Gasteiger charge is -2.31. The summed E-state index contributed by atoms with van der Waals surface area (Å²) in [6.45, 7) is 11.3. The largest absolute Gasteiger partial charge is 0.444 e. The third-order valence-electron chi connectivity index (χ3n) is 3.48. The lowest BCUT2D eigenvalue weighted by atomic mass is 9.95. The van der Waals surface area contributed by atoms with Crippen LogP contribution in [0.5, 0.6) is 0 Å². The van der Waals surface area contributed by atoms with Gasteiger partial charge in [0.25, 0.3) is 0 Å². The second kappa shape index (κ2) is 4.87. The van der Waals surface area contributed by atoms with Gasteiger partial charge in [-0.05, 0) is 63.3 Å². The summed E-state index contributed by atoms with van der Waals surface area (Å²) in [7, 11) is 0. The number of nitrogens with zero attached hydrogens (tertiary/aromatic N) is 1. The summed E-state index contributed by atoms with van der Waals surface area (Å²) in [5.74, 6) is 0. The molecule has 0 unspecified atom stereocenters. The first-order valence-corrected chi connectivity index (χ1v) is 6.83. The van der Waals surface area contributed by atoms with Crippen molar-refractivity contribution in [2.45, 2.75) is 53.2 Å². The zero-order valence-electron chi connectivity index (χ0n) is 12.5. The molecule has 3 heteroatoms. The number of rotatable bonds is 0. The van der Waals surface area contributed by atoms with E-state index in [1.165, 1.54) is 22.3 Å². The molecule has 0 N–H and O–H groups in total. The van der Waals surface area contributed by atoms with Gasteiger partial charge in [0.2, 0.25) is 0 Å². The summed E-state index contributed by atoms with van der Waals surface area (Å²) in [5.41, 5.74) is 4.79. The Labute approximate surface area is 115 Å². The van der Waals surface area contributed by atoms with Gasteiger partial charge in [-0.2, -0.15) is 0 Å². The number of fused-ring (bicyclic) bond motifs is 1. The van der Waals surface area contributed by atoms with Crippen molar-refractivity contribution in [2.75, 3.05) is 6.54 Å². The van der Waals surface area contributed by atoms with E-state index in [9.17, 15) is 4.79 Å². The molecule has 0 aliphatic carbocycles. The molecule has 1 aliphatic rings. The Balaban J connectivity index is 2.14. The minimum Gasteiger partial charge on any atom is -0.444 e. The number of aryl methyl sites for hydroxylation is 2. The fraction of sp³-hybridized carbons (Fsp3) is 0.562. The van der Waals surface area contributed by atoms with E-state index in [2.05, 4.69) is 26.0 Å². The number of hydrogen-bond acceptors (Lipinski definition) is 2. The summed E-state index contributed by atoms with van der Waals surface area (Å²) in [4.78, 5) is 13.9. The van der Waals surface area contributed by atoms with Crippen LogP contribution in [0.15, 0.2) is 12.1 Å². The van der Waals surface area contributed by atoms with Crippen molar-refractivity contribution in [3.05, 3.63) is 34.4 Å². The zero-order valence-corrected chi connectivity index (χ0v) is 12.5. The van der Waals surface area contributed by atoms with Gasteiger partial charge < -0.3 is 9.64 Å². The van der Waals surface area contributed by atoms with Crippen LogP contribution < -0.4 is 0 Å². The van der Waals surface area contributed by atoms with E-state index in [1.807, 2.05) is 20.8 Å². The van der Waals surface area contributed by atoms with Gasteiger partial charge in [-0.1, -0.05) is 12.1 Å². The van der Waals surface area contributed by atoms with Crippen LogP contribution in [0.3, 0.4) is 0 Å². The van der Waals surface area contributed by atoms with Crippen LogP contribution in [0.4, 0.5) is 4.79 Å². The first-order chi connectivity index (χ1) is 8.76. The van der Waals surface area contributed by atoms with Crippen molar-refractivity contribution in [3.8, 4) is 0 Å². The fourth-order valence-electron chi connectivity index (χ4n) is 2.34. The lowest BCUT2D eigenvalue weighted by molar-refractivity contribution is 0.0224. The quantitative estimate of drug-likeness (QED) is 0.714. The average molecular weight is 261 g/mol. The molecule has 1 heterocycles. The van der Waals surface area contributed by atoms with Gasteiger partial charge in [0.05, 0.1) is 0 Å². The maximum atomic E-state index is 12.1. The highest BCUT2D eigenvalue weighted by Gasteiger charge is 2.25. The van der Waals surface area contributed by atoms with E-state index < -0.39 is 5.60 Å². The Bertz CT molecular complexity index is 500. The molecule has 0 aromatic heterocycles. The molecule has 104 valence electrons. The van der Waals surface area contributed by atoms with Crippen LogP contribution in [0.2, 0.25) is 0 Å². The Morgan fingerprint density at radius 3 is 2.32 bits per heavy atom. The Kier molecular flexibility index (Phi) is 3.57. The van der Waals surface area contributed by atoms with Crippen LogP contribution in [-0.4, -0.2) is 23.1 Å². The van der Waals surface area contributed by atoms with Gasteiger partial charge in [0, 0.05) is 13.1 Å². The second-order valence-corrected chi connectivity index (χ2v) is 6.36. The Morgan fingerprint density at radius 1 is 1.16 bits per heavy atom. The van der Waals surface area contributed by atoms with E-state index >= 15 is 0 Å².